The van der Waals surface area contributed by atoms with Crippen molar-refractivity contribution in [3.63, 3.8) is 0 Å². The number of aliphatic hydroxyl groups is 2. The molecule has 3 N–H and O–H groups in total. The number of benzene rings is 1. The number of nitrogens with zero attached hydrogens (tertiary/aromatic N) is 2. The average molecular weight is 288 g/mol. The van der Waals surface area contributed by atoms with Gasteiger partial charge in [0.15, 0.2) is 5.82 Å². The molecule has 0 unspecified atom stereocenters. The molecule has 1 aromatic rings. The van der Waals surface area contributed by atoms with Gasteiger partial charge in [0.1, 0.15) is 5.56 Å². The summed E-state index contributed by atoms with van der Waals surface area (Å²) >= 11 is 0. The van der Waals surface area contributed by atoms with E-state index in [4.69, 9.17) is 15.3 Å². The normalized spacial score (nSPS) is 10.3. The molecule has 9 heteroatoms. The highest BCUT2D eigenvalue weighted by molar-refractivity contribution is 5.93. The molecule has 0 aliphatic rings. The molecule has 0 radical (unpaired) electrons. The average Bonchev–Trinajstić information content (AvgIpc) is 2.37. The van der Waals surface area contributed by atoms with Gasteiger partial charge in [-0.05, 0) is 6.07 Å². The molecule has 0 amide bonds. The Balaban J connectivity index is 3.36. The molecule has 20 heavy (non-hydrogen) atoms. The van der Waals surface area contributed by atoms with Gasteiger partial charge in [-0.25, -0.2) is 9.18 Å². The molecular formula is C11H13FN2O6. The number of aromatic carboxylic acids is 1. The fourth-order valence-electron chi connectivity index (χ4n) is 1.71. The van der Waals surface area contributed by atoms with Gasteiger partial charge in [-0.1, -0.05) is 0 Å². The van der Waals surface area contributed by atoms with Gasteiger partial charge in [0, 0.05) is 13.1 Å². The van der Waals surface area contributed by atoms with Gasteiger partial charge in [-0.15, -0.1) is 0 Å². The van der Waals surface area contributed by atoms with Crippen molar-refractivity contribution >= 4 is 17.3 Å². The van der Waals surface area contributed by atoms with E-state index in [0.29, 0.717) is 6.07 Å². The van der Waals surface area contributed by atoms with E-state index in [9.17, 15) is 19.3 Å². The number of aliphatic hydroxyl groups excluding tert-OH is 2. The first-order valence-electron chi connectivity index (χ1n) is 5.60. The van der Waals surface area contributed by atoms with Crippen LogP contribution in [0.1, 0.15) is 10.4 Å². The lowest BCUT2D eigenvalue weighted by molar-refractivity contribution is -0.385. The molecule has 0 aliphatic carbocycles. The third-order valence-corrected chi connectivity index (χ3v) is 2.57. The molecule has 8 nitrogen and oxygen atoms in total. The summed E-state index contributed by atoms with van der Waals surface area (Å²) in [6.45, 7) is -0.791. The van der Waals surface area contributed by atoms with Crippen LogP contribution >= 0.6 is 0 Å². The minimum absolute atomic E-state index is 0.0473. The zero-order valence-corrected chi connectivity index (χ0v) is 10.3. The van der Waals surface area contributed by atoms with E-state index in [1.807, 2.05) is 0 Å². The van der Waals surface area contributed by atoms with Crippen molar-refractivity contribution < 1.29 is 29.4 Å². The number of carboxylic acid groups (broad SMARTS) is 1. The topological polar surface area (TPSA) is 124 Å². The lowest BCUT2D eigenvalue weighted by Crippen LogP contribution is -2.30. The molecule has 0 spiro atoms. The number of halogens is 1. The Kier molecular flexibility index (Phi) is 5.35. The number of nitro groups is 1. The Hall–Kier alpha value is -2.26. The van der Waals surface area contributed by atoms with Crippen molar-refractivity contribution in [1.29, 1.82) is 0 Å². The molecule has 0 aliphatic heterocycles. The third-order valence-electron chi connectivity index (χ3n) is 2.57. The quantitative estimate of drug-likeness (QED) is 0.484. The first-order chi connectivity index (χ1) is 9.42. The molecule has 1 rings (SSSR count). The molecule has 0 saturated heterocycles. The van der Waals surface area contributed by atoms with Crippen molar-refractivity contribution in [1.82, 2.24) is 0 Å². The first-order valence-corrected chi connectivity index (χ1v) is 5.60. The van der Waals surface area contributed by atoms with E-state index in [2.05, 4.69) is 0 Å². The SMILES string of the molecule is O=C(O)c1cc(N(CCO)CCO)c(F)cc1[N+](=O)[O-]. The highest BCUT2D eigenvalue weighted by Gasteiger charge is 2.25. The van der Waals surface area contributed by atoms with Gasteiger partial charge < -0.3 is 20.2 Å². The summed E-state index contributed by atoms with van der Waals surface area (Å²) in [4.78, 5) is 21.9. The number of carboxylic acids is 1. The van der Waals surface area contributed by atoms with E-state index in [1.165, 1.54) is 4.90 Å². The van der Waals surface area contributed by atoms with Crippen LogP contribution in [0.4, 0.5) is 15.8 Å². The summed E-state index contributed by atoms with van der Waals surface area (Å²) in [5, 5.41) is 37.4. The fraction of sp³-hybridized carbons (Fsp3) is 0.364. The number of rotatable bonds is 7. The minimum atomic E-state index is -1.56. The van der Waals surface area contributed by atoms with Crippen LogP contribution < -0.4 is 4.90 Å². The Morgan fingerprint density at radius 1 is 1.30 bits per heavy atom. The van der Waals surface area contributed by atoms with Crippen molar-refractivity contribution in [2.24, 2.45) is 0 Å². The van der Waals surface area contributed by atoms with Crippen molar-refractivity contribution in [2.45, 2.75) is 0 Å². The number of nitro benzene ring substituents is 1. The zero-order valence-electron chi connectivity index (χ0n) is 10.3. The molecule has 0 fully saturated rings. The summed E-state index contributed by atoms with van der Waals surface area (Å²) < 4.78 is 13.8. The standard InChI is InChI=1S/C11H13FN2O6/c12-8-6-9(14(19)20)7(11(17)18)5-10(8)13(1-3-15)2-4-16/h5-6,15-16H,1-4H2,(H,17,18). The van der Waals surface area contributed by atoms with Crippen LogP contribution in [0.2, 0.25) is 0 Å². The summed E-state index contributed by atoms with van der Waals surface area (Å²) in [7, 11) is 0. The van der Waals surface area contributed by atoms with Crippen LogP contribution in [0.5, 0.6) is 0 Å². The maximum absolute atomic E-state index is 13.8. The van der Waals surface area contributed by atoms with E-state index < -0.39 is 28.0 Å². The maximum Gasteiger partial charge on any atom is 0.342 e. The van der Waals surface area contributed by atoms with E-state index in [1.54, 1.807) is 0 Å². The van der Waals surface area contributed by atoms with Crippen LogP contribution in [0.25, 0.3) is 0 Å². The Morgan fingerprint density at radius 3 is 2.25 bits per heavy atom. The van der Waals surface area contributed by atoms with Crippen molar-refractivity contribution in [2.75, 3.05) is 31.2 Å². The Labute approximate surface area is 112 Å². The van der Waals surface area contributed by atoms with E-state index >= 15 is 0 Å². The van der Waals surface area contributed by atoms with Gasteiger partial charge in [0.05, 0.1) is 29.9 Å². The number of anilines is 1. The van der Waals surface area contributed by atoms with Crippen LogP contribution in [0.15, 0.2) is 12.1 Å². The van der Waals surface area contributed by atoms with E-state index in [0.717, 1.165) is 6.07 Å². The zero-order chi connectivity index (χ0) is 15.3. The molecule has 0 atom stereocenters. The highest BCUT2D eigenvalue weighted by atomic mass is 19.1. The lowest BCUT2D eigenvalue weighted by atomic mass is 10.1. The summed E-state index contributed by atoms with van der Waals surface area (Å²) in [6.07, 6.45) is 0. The summed E-state index contributed by atoms with van der Waals surface area (Å²) in [6, 6.07) is 1.33. The molecule has 0 bridgehead atoms. The van der Waals surface area contributed by atoms with Gasteiger partial charge in [-0.2, -0.15) is 0 Å². The van der Waals surface area contributed by atoms with Crippen LogP contribution in [0, 0.1) is 15.9 Å². The third kappa shape index (κ3) is 3.39. The number of carbonyl (C=O) groups is 1. The predicted molar refractivity (Wildman–Crippen MR) is 66.4 cm³/mol. The molecule has 0 aromatic heterocycles. The molecule has 1 aromatic carbocycles. The highest BCUT2D eigenvalue weighted by Crippen LogP contribution is 2.28. The first kappa shape index (κ1) is 15.8. The molecular weight excluding hydrogens is 275 g/mol. The van der Waals surface area contributed by atoms with Crippen LogP contribution in [-0.4, -0.2) is 52.5 Å². The van der Waals surface area contributed by atoms with Gasteiger partial charge in [0.2, 0.25) is 0 Å². The second-order valence-electron chi connectivity index (χ2n) is 3.82. The largest absolute Gasteiger partial charge is 0.477 e. The van der Waals surface area contributed by atoms with Gasteiger partial charge in [-0.3, -0.25) is 10.1 Å². The molecule has 0 saturated carbocycles. The van der Waals surface area contributed by atoms with Gasteiger partial charge in [0.25, 0.3) is 5.69 Å². The Morgan fingerprint density at radius 2 is 1.85 bits per heavy atom. The lowest BCUT2D eigenvalue weighted by Gasteiger charge is -2.23. The van der Waals surface area contributed by atoms with E-state index in [-0.39, 0.29) is 32.0 Å². The molecule has 110 valence electrons. The summed E-state index contributed by atoms with van der Waals surface area (Å²) in [5.41, 5.74) is -1.74. The minimum Gasteiger partial charge on any atom is -0.477 e. The number of hydrogen-bond donors (Lipinski definition) is 3. The van der Waals surface area contributed by atoms with Crippen molar-refractivity contribution in [3.05, 3.63) is 33.6 Å². The smallest absolute Gasteiger partial charge is 0.342 e. The second kappa shape index (κ2) is 6.78. The monoisotopic (exact) mass is 288 g/mol. The van der Waals surface area contributed by atoms with Gasteiger partial charge >= 0.3 is 5.97 Å². The Bertz CT molecular complexity index is 516. The second-order valence-corrected chi connectivity index (χ2v) is 3.82. The maximum atomic E-state index is 13.8. The van der Waals surface area contributed by atoms with Crippen LogP contribution in [-0.2, 0) is 0 Å². The predicted octanol–water partition coefficient (Wildman–Crippen LogP) is 0.223. The number of hydrogen-bond acceptors (Lipinski definition) is 6. The van der Waals surface area contributed by atoms with Crippen LogP contribution in [0.3, 0.4) is 0 Å². The molecule has 0 heterocycles. The summed E-state index contributed by atoms with van der Waals surface area (Å²) in [5.74, 6) is -2.56. The van der Waals surface area contributed by atoms with Crippen molar-refractivity contribution in [3.8, 4) is 0 Å². The fourth-order valence-corrected chi connectivity index (χ4v) is 1.71.